The fourth-order valence-corrected chi connectivity index (χ4v) is 2.17. The number of hydrogen-bond donors (Lipinski definition) is 2. The van der Waals surface area contributed by atoms with Crippen LogP contribution in [0.2, 0.25) is 0 Å². The van der Waals surface area contributed by atoms with Crippen molar-refractivity contribution in [3.8, 4) is 0 Å². The predicted octanol–water partition coefficient (Wildman–Crippen LogP) is 3.63. The first-order chi connectivity index (χ1) is 9.31. The number of unbranched alkanes of at least 4 members (excludes halogenated alkanes) is 8. The molecule has 2 N–H and O–H groups in total. The van der Waals surface area contributed by atoms with E-state index in [2.05, 4.69) is 17.6 Å². The largest absolute Gasteiger partial charge is 0.383 e. The Morgan fingerprint density at radius 3 is 1.95 bits per heavy atom. The van der Waals surface area contributed by atoms with Gasteiger partial charge in [-0.25, -0.2) is 0 Å². The highest BCUT2D eigenvalue weighted by Gasteiger charge is 1.95. The van der Waals surface area contributed by atoms with Crippen LogP contribution >= 0.6 is 12.2 Å². The van der Waals surface area contributed by atoms with Crippen LogP contribution in [0.3, 0.4) is 0 Å². The van der Waals surface area contributed by atoms with Crippen molar-refractivity contribution in [2.75, 3.05) is 26.8 Å². The van der Waals surface area contributed by atoms with E-state index in [1.54, 1.807) is 7.11 Å². The minimum Gasteiger partial charge on any atom is -0.383 e. The van der Waals surface area contributed by atoms with E-state index in [0.717, 1.165) is 18.2 Å². The fraction of sp³-hybridized carbons (Fsp3) is 0.933. The summed E-state index contributed by atoms with van der Waals surface area (Å²) in [6.07, 6.45) is 12.2. The first-order valence-corrected chi connectivity index (χ1v) is 8.22. The van der Waals surface area contributed by atoms with Gasteiger partial charge in [-0.2, -0.15) is 0 Å². The summed E-state index contributed by atoms with van der Waals surface area (Å²) < 4.78 is 4.95. The molecule has 0 aliphatic carbocycles. The van der Waals surface area contributed by atoms with E-state index in [0.29, 0.717) is 6.61 Å². The van der Waals surface area contributed by atoms with Gasteiger partial charge in [0.05, 0.1) is 6.61 Å². The summed E-state index contributed by atoms with van der Waals surface area (Å²) in [4.78, 5) is 0. The Labute approximate surface area is 124 Å². The molecule has 0 fully saturated rings. The van der Waals surface area contributed by atoms with Crippen LogP contribution in [0, 0.1) is 0 Å². The Morgan fingerprint density at radius 2 is 1.37 bits per heavy atom. The second-order valence-corrected chi connectivity index (χ2v) is 5.41. The van der Waals surface area contributed by atoms with Gasteiger partial charge in [0.25, 0.3) is 0 Å². The smallest absolute Gasteiger partial charge is 0.166 e. The van der Waals surface area contributed by atoms with Crippen molar-refractivity contribution < 1.29 is 4.74 Å². The molecule has 0 unspecified atom stereocenters. The SMILES string of the molecule is CCCCCCCCCCCNC(=S)NCCOC. The summed E-state index contributed by atoms with van der Waals surface area (Å²) in [5, 5.41) is 7.08. The number of thiocarbonyl (C=S) groups is 1. The second-order valence-electron chi connectivity index (χ2n) is 5.00. The molecule has 0 aliphatic heterocycles. The van der Waals surface area contributed by atoms with Crippen molar-refractivity contribution in [3.05, 3.63) is 0 Å². The highest BCUT2D eigenvalue weighted by Crippen LogP contribution is 2.09. The average molecular weight is 289 g/mol. The maximum absolute atomic E-state index is 5.15. The summed E-state index contributed by atoms with van der Waals surface area (Å²) in [7, 11) is 1.69. The average Bonchev–Trinajstić information content (AvgIpc) is 2.41. The van der Waals surface area contributed by atoms with Crippen molar-refractivity contribution in [1.29, 1.82) is 0 Å². The van der Waals surface area contributed by atoms with Gasteiger partial charge in [0.1, 0.15) is 0 Å². The molecule has 19 heavy (non-hydrogen) atoms. The predicted molar refractivity (Wildman–Crippen MR) is 87.7 cm³/mol. The van der Waals surface area contributed by atoms with Crippen LogP contribution in [0.25, 0.3) is 0 Å². The highest BCUT2D eigenvalue weighted by molar-refractivity contribution is 7.80. The molecule has 0 aromatic heterocycles. The topological polar surface area (TPSA) is 33.3 Å². The monoisotopic (exact) mass is 288 g/mol. The third-order valence-corrected chi connectivity index (χ3v) is 3.45. The van der Waals surface area contributed by atoms with E-state index in [9.17, 15) is 0 Å². The molecule has 0 bridgehead atoms. The number of hydrogen-bond acceptors (Lipinski definition) is 2. The zero-order valence-electron chi connectivity index (χ0n) is 12.8. The molecule has 0 saturated carbocycles. The van der Waals surface area contributed by atoms with Gasteiger partial charge >= 0.3 is 0 Å². The van der Waals surface area contributed by atoms with Gasteiger partial charge in [0.15, 0.2) is 5.11 Å². The lowest BCUT2D eigenvalue weighted by molar-refractivity contribution is 0.204. The summed E-state index contributed by atoms with van der Waals surface area (Å²) in [6.45, 7) is 4.72. The standard InChI is InChI=1S/C15H32N2OS/c1-3-4-5-6-7-8-9-10-11-12-16-15(19)17-13-14-18-2/h3-14H2,1-2H3,(H2,16,17,19). The van der Waals surface area contributed by atoms with Crippen molar-refractivity contribution in [1.82, 2.24) is 10.6 Å². The van der Waals surface area contributed by atoms with E-state index in [4.69, 9.17) is 17.0 Å². The van der Waals surface area contributed by atoms with Crippen molar-refractivity contribution >= 4 is 17.3 Å². The number of rotatable bonds is 13. The maximum Gasteiger partial charge on any atom is 0.166 e. The summed E-state index contributed by atoms with van der Waals surface area (Å²) in [6, 6.07) is 0. The Morgan fingerprint density at radius 1 is 0.842 bits per heavy atom. The van der Waals surface area contributed by atoms with E-state index in [-0.39, 0.29) is 0 Å². The fourth-order valence-electron chi connectivity index (χ4n) is 1.97. The Bertz CT molecular complexity index is 201. The van der Waals surface area contributed by atoms with E-state index >= 15 is 0 Å². The molecule has 3 nitrogen and oxygen atoms in total. The molecule has 0 aromatic rings. The Kier molecular flexibility index (Phi) is 15.4. The van der Waals surface area contributed by atoms with Gasteiger partial charge in [0, 0.05) is 20.2 Å². The van der Waals surface area contributed by atoms with Crippen molar-refractivity contribution in [2.24, 2.45) is 0 Å². The molecule has 0 spiro atoms. The van der Waals surface area contributed by atoms with Crippen LogP contribution in [0.1, 0.15) is 64.7 Å². The second kappa shape index (κ2) is 15.7. The summed E-state index contributed by atoms with van der Waals surface area (Å²) in [5.74, 6) is 0. The lowest BCUT2D eigenvalue weighted by Crippen LogP contribution is -2.37. The quantitative estimate of drug-likeness (QED) is 0.400. The zero-order valence-corrected chi connectivity index (χ0v) is 13.6. The van der Waals surface area contributed by atoms with Gasteiger partial charge < -0.3 is 15.4 Å². The van der Waals surface area contributed by atoms with Crippen LogP contribution in [0.15, 0.2) is 0 Å². The molecule has 114 valence electrons. The lowest BCUT2D eigenvalue weighted by Gasteiger charge is -2.09. The van der Waals surface area contributed by atoms with Gasteiger partial charge in [-0.1, -0.05) is 58.3 Å². The minimum absolute atomic E-state index is 0.694. The zero-order chi connectivity index (χ0) is 14.2. The third kappa shape index (κ3) is 15.6. The molecule has 0 radical (unpaired) electrons. The number of methoxy groups -OCH3 is 1. The molecule has 0 aliphatic rings. The molecule has 4 heteroatoms. The summed E-state index contributed by atoms with van der Waals surface area (Å²) >= 11 is 5.15. The Hall–Kier alpha value is -0.350. The van der Waals surface area contributed by atoms with E-state index in [1.165, 1.54) is 57.8 Å². The molecule has 0 atom stereocenters. The van der Waals surface area contributed by atoms with Crippen LogP contribution in [-0.2, 0) is 4.74 Å². The number of nitrogens with one attached hydrogen (secondary N) is 2. The molecule has 0 rings (SSSR count). The highest BCUT2D eigenvalue weighted by atomic mass is 32.1. The van der Waals surface area contributed by atoms with Crippen LogP contribution in [0.5, 0.6) is 0 Å². The van der Waals surface area contributed by atoms with Crippen molar-refractivity contribution in [3.63, 3.8) is 0 Å². The van der Waals surface area contributed by atoms with Crippen LogP contribution in [-0.4, -0.2) is 31.9 Å². The van der Waals surface area contributed by atoms with Crippen LogP contribution in [0.4, 0.5) is 0 Å². The first kappa shape index (κ1) is 18.7. The van der Waals surface area contributed by atoms with Gasteiger partial charge in [-0.05, 0) is 18.6 Å². The number of ether oxygens (including phenoxy) is 1. The molecule has 0 aromatic carbocycles. The van der Waals surface area contributed by atoms with E-state index < -0.39 is 0 Å². The van der Waals surface area contributed by atoms with Gasteiger partial charge in [-0.15, -0.1) is 0 Å². The van der Waals surface area contributed by atoms with E-state index in [1.807, 2.05) is 0 Å². The normalized spacial score (nSPS) is 10.4. The van der Waals surface area contributed by atoms with Crippen molar-refractivity contribution in [2.45, 2.75) is 64.7 Å². The first-order valence-electron chi connectivity index (χ1n) is 7.82. The molecule has 0 heterocycles. The Balaban J connectivity index is 3.07. The molecular formula is C15H32N2OS. The molecule has 0 saturated heterocycles. The molecule has 0 amide bonds. The summed E-state index contributed by atoms with van der Waals surface area (Å²) in [5.41, 5.74) is 0. The molecular weight excluding hydrogens is 256 g/mol. The van der Waals surface area contributed by atoms with Crippen LogP contribution < -0.4 is 10.6 Å². The minimum atomic E-state index is 0.694. The third-order valence-electron chi connectivity index (χ3n) is 3.16. The maximum atomic E-state index is 5.15. The van der Waals surface area contributed by atoms with Gasteiger partial charge in [0.2, 0.25) is 0 Å². The lowest BCUT2D eigenvalue weighted by atomic mass is 10.1. The van der Waals surface area contributed by atoms with Gasteiger partial charge in [-0.3, -0.25) is 0 Å².